The highest BCUT2D eigenvalue weighted by Crippen LogP contribution is 2.21. The zero-order valence-corrected chi connectivity index (χ0v) is 13.3. The minimum atomic E-state index is -3.02. The fourth-order valence-corrected chi connectivity index (χ4v) is 4.57. The molecule has 0 saturated carbocycles. The predicted octanol–water partition coefficient (Wildman–Crippen LogP) is 0.470. The molecule has 118 valence electrons. The normalized spacial score (nSPS) is 20.2. The van der Waals surface area contributed by atoms with Gasteiger partial charge in [0, 0.05) is 32.5 Å². The first-order chi connectivity index (χ1) is 10.4. The summed E-state index contributed by atoms with van der Waals surface area (Å²) in [4.78, 5) is 14.3. The number of carbonyl (C=O) groups excluding carboxylic acids is 1. The van der Waals surface area contributed by atoms with E-state index in [0.29, 0.717) is 17.8 Å². The van der Waals surface area contributed by atoms with Crippen molar-refractivity contribution in [1.29, 1.82) is 0 Å². The SMILES string of the molecule is CN(C(=O)c1cnn(C)c1-n1cccc1)[C@@H]1CCS(=O)(=O)C1. The standard InChI is InChI=1S/C14H18N4O3S/c1-16(11-5-8-22(20,21)10-11)14(19)12-9-15-17(2)13(12)18-6-3-4-7-18/h3-4,6-7,9,11H,5,8,10H2,1-2H3/t11-/m1/s1. The lowest BCUT2D eigenvalue weighted by Gasteiger charge is -2.23. The maximum Gasteiger partial charge on any atom is 0.259 e. The molecule has 0 N–H and O–H groups in total. The van der Waals surface area contributed by atoms with Crippen LogP contribution in [-0.4, -0.2) is 58.2 Å². The number of sulfone groups is 1. The Balaban J connectivity index is 1.90. The van der Waals surface area contributed by atoms with Gasteiger partial charge in [-0.15, -0.1) is 0 Å². The van der Waals surface area contributed by atoms with Gasteiger partial charge in [0.15, 0.2) is 9.84 Å². The van der Waals surface area contributed by atoms with Gasteiger partial charge in [-0.05, 0) is 18.6 Å². The smallest absolute Gasteiger partial charge is 0.259 e. The van der Waals surface area contributed by atoms with Crippen LogP contribution in [-0.2, 0) is 16.9 Å². The Morgan fingerprint density at radius 1 is 1.36 bits per heavy atom. The number of hydrogen-bond donors (Lipinski definition) is 0. The van der Waals surface area contributed by atoms with Crippen molar-refractivity contribution in [1.82, 2.24) is 19.2 Å². The molecule has 0 radical (unpaired) electrons. The van der Waals surface area contributed by atoms with Gasteiger partial charge in [0.2, 0.25) is 0 Å². The summed E-state index contributed by atoms with van der Waals surface area (Å²) in [6.07, 6.45) is 5.70. The monoisotopic (exact) mass is 322 g/mol. The molecule has 0 spiro atoms. The highest BCUT2D eigenvalue weighted by Gasteiger charge is 2.34. The Morgan fingerprint density at radius 3 is 2.64 bits per heavy atom. The van der Waals surface area contributed by atoms with Gasteiger partial charge in [-0.2, -0.15) is 5.10 Å². The summed E-state index contributed by atoms with van der Waals surface area (Å²) < 4.78 is 26.7. The van der Waals surface area contributed by atoms with E-state index in [9.17, 15) is 13.2 Å². The second-order valence-electron chi connectivity index (χ2n) is 5.57. The zero-order chi connectivity index (χ0) is 15.9. The first kappa shape index (κ1) is 14.8. The Labute approximate surface area is 129 Å². The number of carbonyl (C=O) groups is 1. The Bertz CT molecular complexity index is 792. The average Bonchev–Trinajstić information content (AvgIpc) is 3.16. The van der Waals surface area contributed by atoms with Crippen molar-refractivity contribution < 1.29 is 13.2 Å². The van der Waals surface area contributed by atoms with Crippen LogP contribution >= 0.6 is 0 Å². The van der Waals surface area contributed by atoms with Crippen LogP contribution < -0.4 is 0 Å². The predicted molar refractivity (Wildman–Crippen MR) is 81.7 cm³/mol. The first-order valence-electron chi connectivity index (χ1n) is 7.02. The van der Waals surface area contributed by atoms with E-state index >= 15 is 0 Å². The Morgan fingerprint density at radius 2 is 2.05 bits per heavy atom. The van der Waals surface area contributed by atoms with Crippen molar-refractivity contribution in [3.63, 3.8) is 0 Å². The molecule has 0 aliphatic carbocycles. The van der Waals surface area contributed by atoms with Crippen molar-refractivity contribution in [2.45, 2.75) is 12.5 Å². The summed E-state index contributed by atoms with van der Waals surface area (Å²) >= 11 is 0. The van der Waals surface area contributed by atoms with Gasteiger partial charge >= 0.3 is 0 Å². The van der Waals surface area contributed by atoms with Crippen LogP contribution in [0.25, 0.3) is 5.82 Å². The summed E-state index contributed by atoms with van der Waals surface area (Å²) in [5.74, 6) is 0.642. The van der Waals surface area contributed by atoms with Crippen molar-refractivity contribution in [3.05, 3.63) is 36.3 Å². The molecule has 1 aliphatic heterocycles. The van der Waals surface area contributed by atoms with E-state index in [-0.39, 0.29) is 23.5 Å². The summed E-state index contributed by atoms with van der Waals surface area (Å²) in [6, 6.07) is 3.47. The average molecular weight is 322 g/mol. The van der Waals surface area contributed by atoms with E-state index < -0.39 is 9.84 Å². The van der Waals surface area contributed by atoms with E-state index in [1.54, 1.807) is 18.8 Å². The van der Waals surface area contributed by atoms with Crippen LogP contribution in [0.1, 0.15) is 16.8 Å². The molecule has 8 heteroatoms. The van der Waals surface area contributed by atoms with E-state index in [2.05, 4.69) is 5.10 Å². The van der Waals surface area contributed by atoms with Crippen LogP contribution in [0.3, 0.4) is 0 Å². The van der Waals surface area contributed by atoms with Gasteiger partial charge in [-0.25, -0.2) is 8.42 Å². The summed E-state index contributed by atoms with van der Waals surface area (Å²) in [7, 11) is 0.399. The topological polar surface area (TPSA) is 77.2 Å². The molecule has 0 unspecified atom stereocenters. The van der Waals surface area contributed by atoms with Crippen molar-refractivity contribution in [2.24, 2.45) is 7.05 Å². The fourth-order valence-electron chi connectivity index (χ4n) is 2.80. The molecule has 3 rings (SSSR count). The lowest BCUT2D eigenvalue weighted by Crippen LogP contribution is -2.38. The third-order valence-electron chi connectivity index (χ3n) is 4.06. The van der Waals surface area contributed by atoms with E-state index in [4.69, 9.17) is 0 Å². The van der Waals surface area contributed by atoms with Crippen LogP contribution in [0.4, 0.5) is 0 Å². The fraction of sp³-hybridized carbons (Fsp3) is 0.429. The number of nitrogens with zero attached hydrogens (tertiary/aromatic N) is 4. The first-order valence-corrected chi connectivity index (χ1v) is 8.84. The van der Waals surface area contributed by atoms with E-state index in [1.165, 1.54) is 11.1 Å². The largest absolute Gasteiger partial charge is 0.338 e. The van der Waals surface area contributed by atoms with Gasteiger partial charge in [0.25, 0.3) is 5.91 Å². The highest BCUT2D eigenvalue weighted by molar-refractivity contribution is 7.91. The van der Waals surface area contributed by atoms with E-state index in [1.807, 2.05) is 29.1 Å². The van der Waals surface area contributed by atoms with Gasteiger partial charge in [-0.3, -0.25) is 9.48 Å². The number of aromatic nitrogens is 3. The quantitative estimate of drug-likeness (QED) is 0.823. The summed E-state index contributed by atoms with van der Waals surface area (Å²) in [6.45, 7) is 0. The molecule has 1 amide bonds. The number of rotatable bonds is 3. The molecule has 0 aromatic carbocycles. The molecule has 3 heterocycles. The Hall–Kier alpha value is -2.09. The van der Waals surface area contributed by atoms with Crippen LogP contribution in [0, 0.1) is 0 Å². The molecule has 1 aliphatic rings. The molecular weight excluding hydrogens is 304 g/mol. The molecule has 1 saturated heterocycles. The van der Waals surface area contributed by atoms with Gasteiger partial charge in [-0.1, -0.05) is 0 Å². The van der Waals surface area contributed by atoms with Crippen LogP contribution in [0.5, 0.6) is 0 Å². The maximum atomic E-state index is 12.7. The molecule has 1 atom stereocenters. The van der Waals surface area contributed by atoms with Gasteiger partial charge in [0.1, 0.15) is 11.4 Å². The number of hydrogen-bond acceptors (Lipinski definition) is 4. The lowest BCUT2D eigenvalue weighted by molar-refractivity contribution is 0.0747. The second-order valence-corrected chi connectivity index (χ2v) is 7.80. The molecule has 2 aromatic rings. The minimum Gasteiger partial charge on any atom is -0.338 e. The molecular formula is C14H18N4O3S. The summed E-state index contributed by atoms with van der Waals surface area (Å²) in [5, 5.41) is 4.16. The third-order valence-corrected chi connectivity index (χ3v) is 5.81. The second kappa shape index (κ2) is 5.28. The van der Waals surface area contributed by atoms with Gasteiger partial charge in [0.05, 0.1) is 17.7 Å². The number of aryl methyl sites for hydroxylation is 1. The highest BCUT2D eigenvalue weighted by atomic mass is 32.2. The molecule has 1 fully saturated rings. The van der Waals surface area contributed by atoms with Crippen molar-refractivity contribution >= 4 is 15.7 Å². The molecule has 2 aromatic heterocycles. The zero-order valence-electron chi connectivity index (χ0n) is 12.5. The molecule has 0 bridgehead atoms. The van der Waals surface area contributed by atoms with Gasteiger partial charge < -0.3 is 9.47 Å². The lowest BCUT2D eigenvalue weighted by atomic mass is 10.2. The number of amides is 1. The maximum absolute atomic E-state index is 12.7. The van der Waals surface area contributed by atoms with E-state index in [0.717, 1.165) is 0 Å². The molecule has 22 heavy (non-hydrogen) atoms. The molecule has 7 nitrogen and oxygen atoms in total. The van der Waals surface area contributed by atoms with Crippen molar-refractivity contribution in [3.8, 4) is 5.82 Å². The Kier molecular flexibility index (Phi) is 3.56. The van der Waals surface area contributed by atoms with Crippen LogP contribution in [0.2, 0.25) is 0 Å². The third kappa shape index (κ3) is 2.54. The minimum absolute atomic E-state index is 0.0361. The van der Waals surface area contributed by atoms with Crippen LogP contribution in [0.15, 0.2) is 30.7 Å². The summed E-state index contributed by atoms with van der Waals surface area (Å²) in [5.41, 5.74) is 0.463. The van der Waals surface area contributed by atoms with Crippen molar-refractivity contribution in [2.75, 3.05) is 18.6 Å².